The van der Waals surface area contributed by atoms with Crippen LogP contribution in [-0.4, -0.2) is 70.2 Å². The van der Waals surface area contributed by atoms with Gasteiger partial charge in [0, 0.05) is 0 Å². The number of rotatable bonds is 0. The van der Waals surface area contributed by atoms with Crippen LogP contribution in [-0.2, 0) is 25.3 Å². The maximum absolute atomic E-state index is 8.74. The fourth-order valence-corrected chi connectivity index (χ4v) is 0. The second-order valence-electron chi connectivity index (χ2n) is 1.46. The normalized spacial score (nSPS) is 7.13. The zero-order chi connectivity index (χ0) is 16.2. The third-order valence-corrected chi connectivity index (χ3v) is 0. The van der Waals surface area contributed by atoms with Gasteiger partial charge in [0.25, 0.3) is 0 Å². The van der Waals surface area contributed by atoms with Crippen molar-refractivity contribution in [3.8, 4) is 0 Å². The Morgan fingerprint density at radius 2 is 0.696 bits per heavy atom. The van der Waals surface area contributed by atoms with Crippen LogP contribution in [0, 0.1) is 0 Å². The zero-order valence-electron chi connectivity index (χ0n) is 17.8. The molecule has 0 amide bonds. The summed E-state index contributed by atoms with van der Waals surface area (Å²) in [7, 11) is -12.5. The Morgan fingerprint density at radius 3 is 0.696 bits per heavy atom. The van der Waals surface area contributed by atoms with Gasteiger partial charge in [-0.15, -0.1) is 0 Å². The summed E-state index contributed by atoms with van der Waals surface area (Å²) >= 11 is 0. The molecular formula is CH13Na5O14S2Si. The van der Waals surface area contributed by atoms with Crippen molar-refractivity contribution in [3.05, 3.63) is 0 Å². The summed E-state index contributed by atoms with van der Waals surface area (Å²) in [6, 6.07) is 0. The van der Waals surface area contributed by atoms with Crippen molar-refractivity contribution in [1.29, 1.82) is 0 Å². The van der Waals surface area contributed by atoms with E-state index >= 15 is 0 Å². The Hall–Kier alpha value is 3.63. The first-order valence-electron chi connectivity index (χ1n) is 2.70. The Labute approximate surface area is 250 Å². The molecule has 0 aromatic rings. The molecule has 0 fully saturated rings. The quantitative estimate of drug-likeness (QED) is 0.124. The van der Waals surface area contributed by atoms with Gasteiger partial charge in [0.1, 0.15) is 0 Å². The molecule has 0 aliphatic heterocycles. The van der Waals surface area contributed by atoms with E-state index in [1.807, 2.05) is 0 Å². The van der Waals surface area contributed by atoms with Crippen LogP contribution in [0.1, 0.15) is 7.13 Å². The molecule has 0 aromatic heterocycles. The molecule has 0 saturated heterocycles. The molecule has 0 aliphatic rings. The summed E-state index contributed by atoms with van der Waals surface area (Å²) in [4.78, 5) is 22.9. The van der Waals surface area contributed by atoms with Crippen molar-refractivity contribution in [1.82, 2.24) is 0 Å². The Kier molecular flexibility index (Phi) is 81.3. The fourth-order valence-electron chi connectivity index (χ4n) is 0. The second kappa shape index (κ2) is 33.2. The van der Waals surface area contributed by atoms with Crippen LogP contribution >= 0.6 is 0 Å². The van der Waals surface area contributed by atoms with Crippen LogP contribution in [0.3, 0.4) is 0 Å². The predicted octanol–water partition coefficient (Wildman–Crippen LogP) is -17.1. The van der Waals surface area contributed by atoms with Gasteiger partial charge in [0.05, 0.1) is 0 Å². The van der Waals surface area contributed by atoms with E-state index < -0.39 is 36.1 Å². The molecule has 8 N–H and O–H groups in total. The van der Waals surface area contributed by atoms with E-state index in [1.54, 1.807) is 0 Å². The van der Waals surface area contributed by atoms with E-state index in [2.05, 4.69) is 0 Å². The monoisotopic (exact) mass is 456 g/mol. The van der Waals surface area contributed by atoms with Crippen molar-refractivity contribution in [2.75, 3.05) is 0 Å². The molecular weight excluding hydrogens is 443 g/mol. The van der Waals surface area contributed by atoms with Crippen LogP contribution in [0.2, 0.25) is 0 Å². The largest absolute Gasteiger partial charge is 1.00 e. The summed E-state index contributed by atoms with van der Waals surface area (Å²) in [5, 5.41) is 13.9. The van der Waals surface area contributed by atoms with Gasteiger partial charge in [0.15, 0.2) is 0 Å². The van der Waals surface area contributed by atoms with Crippen molar-refractivity contribution < 1.29 is 219 Å². The van der Waals surface area contributed by atoms with Gasteiger partial charge in [-0.2, -0.15) is 16.8 Å². The minimum Gasteiger partial charge on any atom is -1.00 e. The van der Waals surface area contributed by atoms with Gasteiger partial charge in [-0.1, -0.05) is 0 Å². The molecule has 0 aromatic carbocycles. The first-order chi connectivity index (χ1) is 7.46. The van der Waals surface area contributed by atoms with E-state index in [4.69, 9.17) is 64.1 Å². The van der Waals surface area contributed by atoms with Gasteiger partial charge in [-0.25, -0.2) is 4.79 Å². The van der Waals surface area contributed by atoms with E-state index in [-0.39, 0.29) is 155 Å². The SMILES string of the molecule is O=C(O)O.O=S(=O)(O)O.O=S(=O)(O)O.O=[Si](O)O.[H-].[H-].[H-].[H-].[H-].[Na+].[Na+].[Na+].[Na+].[Na+]. The predicted molar refractivity (Wildman–Crippen MR) is 55.4 cm³/mol. The van der Waals surface area contributed by atoms with E-state index in [9.17, 15) is 0 Å². The van der Waals surface area contributed by atoms with Crippen LogP contribution in [0.25, 0.3) is 0 Å². The first kappa shape index (κ1) is 56.3. The molecule has 0 heterocycles. The minimum absolute atomic E-state index is 0. The van der Waals surface area contributed by atoms with Crippen molar-refractivity contribution in [2.45, 2.75) is 0 Å². The zero-order valence-corrected chi connectivity index (χ0v) is 25.5. The van der Waals surface area contributed by atoms with Crippen molar-refractivity contribution in [3.63, 3.8) is 0 Å². The summed E-state index contributed by atoms with van der Waals surface area (Å²) in [5.41, 5.74) is 0. The van der Waals surface area contributed by atoms with E-state index in [0.717, 1.165) is 0 Å². The molecule has 0 rings (SSSR count). The summed E-state index contributed by atoms with van der Waals surface area (Å²) in [6.07, 6.45) is -1.83. The van der Waals surface area contributed by atoms with Crippen LogP contribution in [0.4, 0.5) is 4.79 Å². The first-order valence-corrected chi connectivity index (χ1v) is 6.80. The van der Waals surface area contributed by atoms with Crippen molar-refractivity contribution >= 4 is 36.1 Å². The molecule has 0 spiro atoms. The third kappa shape index (κ3) is 1090. The summed E-state index contributed by atoms with van der Waals surface area (Å²) in [6.45, 7) is 0. The molecule has 14 nitrogen and oxygen atoms in total. The molecule has 0 atom stereocenters. The molecule has 122 valence electrons. The maximum Gasteiger partial charge on any atom is 1.00 e. The average Bonchev–Trinajstić information content (AvgIpc) is 1.70. The van der Waals surface area contributed by atoms with Gasteiger partial charge < -0.3 is 26.9 Å². The summed E-state index contributed by atoms with van der Waals surface area (Å²) in [5.74, 6) is 0. The molecule has 0 unspecified atom stereocenters. The van der Waals surface area contributed by atoms with Gasteiger partial charge >= 0.3 is 184 Å². The number of carboxylic acid groups (broad SMARTS) is 2. The molecule has 0 radical (unpaired) electrons. The maximum atomic E-state index is 8.74. The van der Waals surface area contributed by atoms with E-state index in [0.29, 0.717) is 0 Å². The number of carbonyl (C=O) groups is 1. The van der Waals surface area contributed by atoms with Crippen LogP contribution in [0.5, 0.6) is 0 Å². The Bertz CT molecular complexity index is 383. The minimum atomic E-state index is -4.67. The number of hydrogen-bond acceptors (Lipinski definition) is 6. The second-order valence-corrected chi connectivity index (χ2v) is 3.82. The summed E-state index contributed by atoms with van der Waals surface area (Å²) < 4.78 is 71.9. The van der Waals surface area contributed by atoms with Gasteiger partial charge in [-0.05, 0) is 0 Å². The van der Waals surface area contributed by atoms with Crippen LogP contribution < -0.4 is 148 Å². The Morgan fingerprint density at radius 1 is 0.696 bits per heavy atom. The molecule has 23 heavy (non-hydrogen) atoms. The number of hydrogen-bond donors (Lipinski definition) is 8. The third-order valence-electron chi connectivity index (χ3n) is 0. The molecule has 0 saturated carbocycles. The molecule has 0 bridgehead atoms. The molecule has 22 heteroatoms. The average molecular weight is 456 g/mol. The van der Waals surface area contributed by atoms with Gasteiger partial charge in [-0.3, -0.25) is 22.7 Å². The Balaban J connectivity index is -0.00000000697. The van der Waals surface area contributed by atoms with Crippen LogP contribution in [0.15, 0.2) is 0 Å². The van der Waals surface area contributed by atoms with E-state index in [1.165, 1.54) is 0 Å². The standard InChI is InChI=1S/CH2O3.5Na.2H2O4S.H2O3Si.5H/c2-1(3)4;;;;;;2*1-5(2,3)4;1-4(2)3;;;;;/h(H2,2,3,4);;;;;;2*(H2,1,2,3,4);1-2H;;;;;/q;5*+1;;;;5*-1. The van der Waals surface area contributed by atoms with Crippen molar-refractivity contribution in [2.24, 2.45) is 0 Å². The molecule has 0 aliphatic carbocycles. The van der Waals surface area contributed by atoms with Gasteiger partial charge in [0.2, 0.25) is 0 Å². The topological polar surface area (TPSA) is 264 Å². The smallest absolute Gasteiger partial charge is 1.00 e. The fraction of sp³-hybridized carbons (Fsp3) is 0.